The van der Waals surface area contributed by atoms with Crippen molar-refractivity contribution in [1.29, 1.82) is 0 Å². The summed E-state index contributed by atoms with van der Waals surface area (Å²) in [6.07, 6.45) is 2.70. The Labute approximate surface area is 138 Å². The molecule has 2 rings (SSSR count). The van der Waals surface area contributed by atoms with E-state index in [1.165, 1.54) is 11.3 Å². The van der Waals surface area contributed by atoms with E-state index in [1.807, 2.05) is 6.92 Å². The highest BCUT2D eigenvalue weighted by Gasteiger charge is 2.17. The highest BCUT2D eigenvalue weighted by Crippen LogP contribution is 2.28. The lowest BCUT2D eigenvalue weighted by atomic mass is 10.3. The van der Waals surface area contributed by atoms with Crippen LogP contribution in [0.25, 0.3) is 0 Å². The zero-order valence-corrected chi connectivity index (χ0v) is 13.8. The molecule has 23 heavy (non-hydrogen) atoms. The first-order valence-corrected chi connectivity index (χ1v) is 8.04. The molecule has 2 aromatic rings. The van der Waals surface area contributed by atoms with Crippen LogP contribution in [0.2, 0.25) is 0 Å². The normalized spacial score (nSPS) is 10.3. The van der Waals surface area contributed by atoms with Gasteiger partial charge < -0.3 is 14.6 Å². The number of carbonyl (C=O) groups is 3. The van der Waals surface area contributed by atoms with Crippen LogP contribution >= 0.6 is 11.3 Å². The van der Waals surface area contributed by atoms with E-state index in [1.54, 1.807) is 35.9 Å². The fourth-order valence-electron chi connectivity index (χ4n) is 2.12. The minimum Gasteiger partial charge on any atom is -0.462 e. The second-order valence-corrected chi connectivity index (χ2v) is 6.12. The van der Waals surface area contributed by atoms with Crippen LogP contribution in [0.15, 0.2) is 24.4 Å². The predicted molar refractivity (Wildman–Crippen MR) is 88.1 cm³/mol. The summed E-state index contributed by atoms with van der Waals surface area (Å²) in [5.74, 6) is -0.663. The van der Waals surface area contributed by atoms with Crippen molar-refractivity contribution < 1.29 is 19.1 Å². The molecule has 0 aliphatic heterocycles. The van der Waals surface area contributed by atoms with Gasteiger partial charge in [0, 0.05) is 24.0 Å². The Bertz CT molecular complexity index is 717. The van der Waals surface area contributed by atoms with Gasteiger partial charge in [0.05, 0.1) is 17.9 Å². The number of thiophene rings is 1. The third kappa shape index (κ3) is 4.29. The topological polar surface area (TPSA) is 77.4 Å². The van der Waals surface area contributed by atoms with Crippen molar-refractivity contribution in [2.45, 2.75) is 26.8 Å². The fraction of sp³-hybridized carbons (Fsp3) is 0.312. The average Bonchev–Trinajstić information content (AvgIpc) is 3.11. The molecule has 6 nitrogen and oxygen atoms in total. The molecule has 122 valence electrons. The van der Waals surface area contributed by atoms with Crippen molar-refractivity contribution in [1.82, 2.24) is 4.57 Å². The monoisotopic (exact) mass is 334 g/mol. The molecule has 0 fully saturated rings. The van der Waals surface area contributed by atoms with E-state index in [-0.39, 0.29) is 18.9 Å². The maximum Gasteiger partial charge on any atom is 0.341 e. The van der Waals surface area contributed by atoms with Gasteiger partial charge in [0.2, 0.25) is 5.91 Å². The summed E-state index contributed by atoms with van der Waals surface area (Å²) in [5.41, 5.74) is 0.897. The average molecular weight is 334 g/mol. The van der Waals surface area contributed by atoms with Crippen LogP contribution in [-0.2, 0) is 16.1 Å². The third-order valence-corrected chi connectivity index (χ3v) is 4.13. The summed E-state index contributed by atoms with van der Waals surface area (Å²) in [5, 5.41) is 3.24. The number of rotatable bonds is 7. The summed E-state index contributed by atoms with van der Waals surface area (Å²) >= 11 is 1.33. The van der Waals surface area contributed by atoms with Gasteiger partial charge in [0.15, 0.2) is 6.29 Å². The van der Waals surface area contributed by atoms with Crippen LogP contribution in [-0.4, -0.2) is 29.3 Å². The number of esters is 1. The molecule has 0 atom stereocenters. The molecule has 2 heterocycles. The van der Waals surface area contributed by atoms with Crippen molar-refractivity contribution >= 4 is 34.5 Å². The van der Waals surface area contributed by atoms with Gasteiger partial charge in [0.1, 0.15) is 5.00 Å². The number of anilines is 1. The summed E-state index contributed by atoms with van der Waals surface area (Å²) in [4.78, 5) is 35.7. The second kappa shape index (κ2) is 7.73. The molecule has 0 aromatic carbocycles. The first-order chi connectivity index (χ1) is 11.0. The number of aldehydes is 1. The van der Waals surface area contributed by atoms with Crippen LogP contribution in [0.5, 0.6) is 0 Å². The third-order valence-electron chi connectivity index (χ3n) is 3.17. The molecule has 0 unspecified atom stereocenters. The maximum absolute atomic E-state index is 12.1. The minimum atomic E-state index is -0.444. The molecular formula is C16H18N2O4S. The van der Waals surface area contributed by atoms with E-state index in [9.17, 15) is 14.4 Å². The molecule has 0 aliphatic rings. The van der Waals surface area contributed by atoms with Crippen LogP contribution < -0.4 is 5.32 Å². The quantitative estimate of drug-likeness (QED) is 0.624. The Hall–Kier alpha value is -2.41. The summed E-state index contributed by atoms with van der Waals surface area (Å²) in [6.45, 7) is 4.27. The van der Waals surface area contributed by atoms with Crippen LogP contribution in [0.4, 0.5) is 5.00 Å². The van der Waals surface area contributed by atoms with E-state index in [4.69, 9.17) is 4.74 Å². The number of carbonyl (C=O) groups excluding carboxylic acids is 3. The minimum absolute atomic E-state index is 0.203. The molecule has 2 aromatic heterocycles. The van der Waals surface area contributed by atoms with Crippen LogP contribution in [0.1, 0.15) is 39.1 Å². The van der Waals surface area contributed by atoms with Crippen molar-refractivity contribution in [3.8, 4) is 0 Å². The van der Waals surface area contributed by atoms with Gasteiger partial charge in [-0.25, -0.2) is 4.79 Å². The number of nitrogens with zero attached hydrogens (tertiary/aromatic N) is 1. The van der Waals surface area contributed by atoms with E-state index >= 15 is 0 Å². The Balaban J connectivity index is 2.00. The number of aryl methyl sites for hydroxylation is 2. The highest BCUT2D eigenvalue weighted by molar-refractivity contribution is 7.16. The Morgan fingerprint density at radius 3 is 2.91 bits per heavy atom. The Kier molecular flexibility index (Phi) is 5.70. The van der Waals surface area contributed by atoms with Gasteiger partial charge >= 0.3 is 5.97 Å². The number of ether oxygens (including phenoxy) is 1. The highest BCUT2D eigenvalue weighted by atomic mass is 32.1. The lowest BCUT2D eigenvalue weighted by Gasteiger charge is -2.07. The number of hydrogen-bond acceptors (Lipinski definition) is 5. The SMILES string of the molecule is CCOC(=O)c1cc(C)sc1NC(=O)CCn1cccc1C=O. The van der Waals surface area contributed by atoms with Gasteiger partial charge in [-0.3, -0.25) is 9.59 Å². The van der Waals surface area contributed by atoms with Gasteiger partial charge in [-0.05, 0) is 32.0 Å². The molecule has 7 heteroatoms. The zero-order valence-electron chi connectivity index (χ0n) is 13.0. The molecule has 0 aliphatic carbocycles. The Morgan fingerprint density at radius 1 is 1.43 bits per heavy atom. The largest absolute Gasteiger partial charge is 0.462 e. The van der Waals surface area contributed by atoms with Gasteiger partial charge in [-0.15, -0.1) is 11.3 Å². The first kappa shape index (κ1) is 17.0. The van der Waals surface area contributed by atoms with Crippen molar-refractivity contribution in [3.05, 3.63) is 40.5 Å². The van der Waals surface area contributed by atoms with E-state index < -0.39 is 5.97 Å². The molecule has 0 saturated heterocycles. The maximum atomic E-state index is 12.1. The number of hydrogen-bond donors (Lipinski definition) is 1. The molecule has 1 N–H and O–H groups in total. The number of nitrogens with one attached hydrogen (secondary N) is 1. The predicted octanol–water partition coefficient (Wildman–Crippen LogP) is 2.88. The van der Waals surface area contributed by atoms with Crippen molar-refractivity contribution in [2.75, 3.05) is 11.9 Å². The summed E-state index contributed by atoms with van der Waals surface area (Å²) < 4.78 is 6.69. The van der Waals surface area contributed by atoms with E-state index in [0.717, 1.165) is 11.2 Å². The second-order valence-electron chi connectivity index (χ2n) is 4.86. The summed E-state index contributed by atoms with van der Waals surface area (Å²) in [6, 6.07) is 5.14. The molecule has 0 radical (unpaired) electrons. The number of amides is 1. The van der Waals surface area contributed by atoms with E-state index in [2.05, 4.69) is 5.32 Å². The Morgan fingerprint density at radius 2 is 2.22 bits per heavy atom. The zero-order chi connectivity index (χ0) is 16.8. The number of aromatic nitrogens is 1. The standard InChI is InChI=1S/C16H18N2O4S/c1-3-22-16(21)13-9-11(2)23-15(13)17-14(20)6-8-18-7-4-5-12(18)10-19/h4-5,7,9-10H,3,6,8H2,1-2H3,(H,17,20). The van der Waals surface area contributed by atoms with E-state index in [0.29, 0.717) is 22.8 Å². The fourth-order valence-corrected chi connectivity index (χ4v) is 3.03. The van der Waals surface area contributed by atoms with Crippen molar-refractivity contribution in [2.24, 2.45) is 0 Å². The molecule has 1 amide bonds. The van der Waals surface area contributed by atoms with Crippen LogP contribution in [0, 0.1) is 6.92 Å². The molecule has 0 bridgehead atoms. The lowest BCUT2D eigenvalue weighted by molar-refractivity contribution is -0.116. The first-order valence-electron chi connectivity index (χ1n) is 7.23. The van der Waals surface area contributed by atoms with Gasteiger partial charge in [0.25, 0.3) is 0 Å². The van der Waals surface area contributed by atoms with Gasteiger partial charge in [-0.1, -0.05) is 0 Å². The van der Waals surface area contributed by atoms with Gasteiger partial charge in [-0.2, -0.15) is 0 Å². The van der Waals surface area contributed by atoms with Crippen LogP contribution in [0.3, 0.4) is 0 Å². The molecule has 0 spiro atoms. The molecule has 0 saturated carbocycles. The van der Waals surface area contributed by atoms with Crippen molar-refractivity contribution in [3.63, 3.8) is 0 Å². The summed E-state index contributed by atoms with van der Waals surface area (Å²) in [7, 11) is 0. The smallest absolute Gasteiger partial charge is 0.341 e. The lowest BCUT2D eigenvalue weighted by Crippen LogP contribution is -2.16. The molecular weight excluding hydrogens is 316 g/mol.